The lowest BCUT2D eigenvalue weighted by atomic mass is 9.96. The number of nitrogens with one attached hydrogen (secondary N) is 1. The molecule has 2 heterocycles. The number of anilines is 1. The first kappa shape index (κ1) is 14.3. The van der Waals surface area contributed by atoms with Gasteiger partial charge in [-0.05, 0) is 56.3 Å². The maximum absolute atomic E-state index is 4.32. The quantitative estimate of drug-likeness (QED) is 0.885. The van der Waals surface area contributed by atoms with Crippen molar-refractivity contribution in [3.05, 3.63) is 17.8 Å². The molecule has 1 aromatic rings. The molecule has 106 valence electrons. The van der Waals surface area contributed by atoms with Crippen molar-refractivity contribution in [3.63, 3.8) is 0 Å². The molecule has 4 nitrogen and oxygen atoms in total. The van der Waals surface area contributed by atoms with Gasteiger partial charge in [0.15, 0.2) is 5.82 Å². The summed E-state index contributed by atoms with van der Waals surface area (Å²) in [6.07, 6.45) is 3.91. The van der Waals surface area contributed by atoms with Crippen LogP contribution in [0.1, 0.15) is 44.7 Å². The summed E-state index contributed by atoms with van der Waals surface area (Å²) in [6, 6.07) is 4.17. The summed E-state index contributed by atoms with van der Waals surface area (Å²) in [7, 11) is 2.11. The minimum Gasteiger partial charge on any atom is -0.358 e. The van der Waals surface area contributed by atoms with Gasteiger partial charge in [-0.25, -0.2) is 0 Å². The highest BCUT2D eigenvalue weighted by Crippen LogP contribution is 2.17. The van der Waals surface area contributed by atoms with E-state index in [0.29, 0.717) is 5.92 Å². The molecule has 0 bridgehead atoms. The van der Waals surface area contributed by atoms with Crippen LogP contribution in [0.4, 0.5) is 5.82 Å². The number of rotatable bonds is 5. The third-order valence-electron chi connectivity index (χ3n) is 3.93. The van der Waals surface area contributed by atoms with Gasteiger partial charge in [-0.1, -0.05) is 13.8 Å². The van der Waals surface area contributed by atoms with Crippen molar-refractivity contribution in [1.29, 1.82) is 0 Å². The Balaban J connectivity index is 1.83. The predicted molar refractivity (Wildman–Crippen MR) is 79.6 cm³/mol. The average molecular weight is 262 g/mol. The maximum Gasteiger partial charge on any atom is 0.150 e. The van der Waals surface area contributed by atoms with Gasteiger partial charge in [0.25, 0.3) is 0 Å². The molecule has 0 radical (unpaired) electrons. The Hall–Kier alpha value is -1.16. The molecule has 1 unspecified atom stereocenters. The van der Waals surface area contributed by atoms with Crippen molar-refractivity contribution in [2.24, 2.45) is 5.92 Å². The normalized spacial score (nSPS) is 19.7. The summed E-state index contributed by atoms with van der Waals surface area (Å²) in [5, 5.41) is 12.1. The van der Waals surface area contributed by atoms with Crippen LogP contribution < -0.4 is 10.2 Å². The lowest BCUT2D eigenvalue weighted by Crippen LogP contribution is -2.32. The van der Waals surface area contributed by atoms with E-state index in [1.54, 1.807) is 0 Å². The van der Waals surface area contributed by atoms with Gasteiger partial charge < -0.3 is 10.2 Å². The van der Waals surface area contributed by atoms with Gasteiger partial charge in [-0.2, -0.15) is 5.10 Å². The van der Waals surface area contributed by atoms with E-state index in [2.05, 4.69) is 53.4 Å². The second kappa shape index (κ2) is 6.85. The molecule has 0 aliphatic carbocycles. The van der Waals surface area contributed by atoms with Crippen LogP contribution in [-0.4, -0.2) is 36.9 Å². The van der Waals surface area contributed by atoms with Crippen molar-refractivity contribution in [2.45, 2.75) is 39.0 Å². The van der Waals surface area contributed by atoms with Gasteiger partial charge in [0.1, 0.15) is 0 Å². The Bertz CT molecular complexity index is 368. The summed E-state index contributed by atoms with van der Waals surface area (Å²) in [6.45, 7) is 7.70. The average Bonchev–Trinajstić information content (AvgIpc) is 2.46. The van der Waals surface area contributed by atoms with E-state index in [4.69, 9.17) is 0 Å². The van der Waals surface area contributed by atoms with E-state index < -0.39 is 0 Å². The summed E-state index contributed by atoms with van der Waals surface area (Å²) in [4.78, 5) is 2.21. The van der Waals surface area contributed by atoms with Crippen molar-refractivity contribution in [1.82, 2.24) is 15.5 Å². The highest BCUT2D eigenvalue weighted by Gasteiger charge is 2.14. The SMILES string of the molecule is CC(C)c1ccc(N(C)CCC2CCCNC2)nn1. The molecule has 1 fully saturated rings. The van der Waals surface area contributed by atoms with Crippen molar-refractivity contribution in [2.75, 3.05) is 31.6 Å². The highest BCUT2D eigenvalue weighted by molar-refractivity contribution is 5.36. The fourth-order valence-electron chi connectivity index (χ4n) is 2.51. The lowest BCUT2D eigenvalue weighted by Gasteiger charge is -2.25. The predicted octanol–water partition coefficient (Wildman–Crippen LogP) is 2.43. The second-order valence-corrected chi connectivity index (χ2v) is 5.89. The molecule has 2 rings (SSSR count). The Morgan fingerprint density at radius 3 is 2.79 bits per heavy atom. The van der Waals surface area contributed by atoms with Crippen LogP contribution in [0, 0.1) is 5.92 Å². The van der Waals surface area contributed by atoms with Gasteiger partial charge in [-0.3, -0.25) is 0 Å². The Kier molecular flexibility index (Phi) is 5.14. The molecular formula is C15H26N4. The van der Waals surface area contributed by atoms with Crippen LogP contribution in [0.25, 0.3) is 0 Å². The zero-order valence-electron chi connectivity index (χ0n) is 12.4. The molecule has 4 heteroatoms. The molecule has 19 heavy (non-hydrogen) atoms. The molecular weight excluding hydrogens is 236 g/mol. The first-order valence-corrected chi connectivity index (χ1v) is 7.42. The van der Waals surface area contributed by atoms with E-state index in [9.17, 15) is 0 Å². The molecule has 1 atom stereocenters. The minimum absolute atomic E-state index is 0.445. The summed E-state index contributed by atoms with van der Waals surface area (Å²) in [5.74, 6) is 2.24. The van der Waals surface area contributed by atoms with Crippen LogP contribution in [0.15, 0.2) is 12.1 Å². The van der Waals surface area contributed by atoms with E-state index >= 15 is 0 Å². The number of hydrogen-bond donors (Lipinski definition) is 1. The zero-order chi connectivity index (χ0) is 13.7. The van der Waals surface area contributed by atoms with Gasteiger partial charge >= 0.3 is 0 Å². The molecule has 0 amide bonds. The molecule has 0 aromatic carbocycles. The van der Waals surface area contributed by atoms with Crippen LogP contribution >= 0.6 is 0 Å². The van der Waals surface area contributed by atoms with Gasteiger partial charge in [-0.15, -0.1) is 5.10 Å². The van der Waals surface area contributed by atoms with Crippen LogP contribution in [0.2, 0.25) is 0 Å². The van der Waals surface area contributed by atoms with E-state index in [1.807, 2.05) is 0 Å². The largest absolute Gasteiger partial charge is 0.358 e. The van der Waals surface area contributed by atoms with Gasteiger partial charge in [0.2, 0.25) is 0 Å². The van der Waals surface area contributed by atoms with Crippen LogP contribution in [0.5, 0.6) is 0 Å². The maximum atomic E-state index is 4.32. The zero-order valence-corrected chi connectivity index (χ0v) is 12.4. The molecule has 1 aliphatic rings. The van der Waals surface area contributed by atoms with E-state index in [1.165, 1.54) is 32.4 Å². The van der Waals surface area contributed by atoms with Crippen molar-refractivity contribution in [3.8, 4) is 0 Å². The van der Waals surface area contributed by atoms with Crippen LogP contribution in [0.3, 0.4) is 0 Å². The van der Waals surface area contributed by atoms with E-state index in [0.717, 1.165) is 24.0 Å². The molecule has 0 spiro atoms. The topological polar surface area (TPSA) is 41.0 Å². The smallest absolute Gasteiger partial charge is 0.150 e. The number of aromatic nitrogens is 2. The number of piperidine rings is 1. The number of nitrogens with zero attached hydrogens (tertiary/aromatic N) is 3. The Morgan fingerprint density at radius 2 is 2.21 bits per heavy atom. The van der Waals surface area contributed by atoms with Crippen LogP contribution in [-0.2, 0) is 0 Å². The Labute approximate surface area is 116 Å². The fourth-order valence-corrected chi connectivity index (χ4v) is 2.51. The van der Waals surface area contributed by atoms with Crippen molar-refractivity contribution < 1.29 is 0 Å². The lowest BCUT2D eigenvalue weighted by molar-refractivity contribution is 0.360. The third-order valence-corrected chi connectivity index (χ3v) is 3.93. The first-order chi connectivity index (χ1) is 9.16. The van der Waals surface area contributed by atoms with E-state index in [-0.39, 0.29) is 0 Å². The summed E-state index contributed by atoms with van der Waals surface area (Å²) in [5.41, 5.74) is 1.06. The first-order valence-electron chi connectivity index (χ1n) is 7.42. The molecule has 0 saturated carbocycles. The van der Waals surface area contributed by atoms with Crippen molar-refractivity contribution >= 4 is 5.82 Å². The highest BCUT2D eigenvalue weighted by atomic mass is 15.2. The molecule has 1 saturated heterocycles. The second-order valence-electron chi connectivity index (χ2n) is 5.89. The Morgan fingerprint density at radius 1 is 1.37 bits per heavy atom. The standard InChI is InChI=1S/C15H26N4/c1-12(2)14-6-7-15(18-17-14)19(3)10-8-13-5-4-9-16-11-13/h6-7,12-13,16H,4-5,8-11H2,1-3H3. The van der Waals surface area contributed by atoms with Gasteiger partial charge in [0, 0.05) is 13.6 Å². The molecule has 1 aliphatic heterocycles. The summed E-state index contributed by atoms with van der Waals surface area (Å²) >= 11 is 0. The molecule has 1 N–H and O–H groups in total. The summed E-state index contributed by atoms with van der Waals surface area (Å²) < 4.78 is 0. The molecule has 1 aromatic heterocycles. The fraction of sp³-hybridized carbons (Fsp3) is 0.733. The van der Waals surface area contributed by atoms with Gasteiger partial charge in [0.05, 0.1) is 5.69 Å². The third kappa shape index (κ3) is 4.16. The minimum atomic E-state index is 0.445. The monoisotopic (exact) mass is 262 g/mol. The number of hydrogen-bond acceptors (Lipinski definition) is 4.